The fourth-order valence-corrected chi connectivity index (χ4v) is 3.32. The average molecular weight is 301 g/mol. The SMILES string of the molecule is C=C[C@@]1(c2ccsc2)COC(=O)N1c1ccccc1OC. The van der Waals surface area contributed by atoms with E-state index in [0.29, 0.717) is 11.4 Å². The minimum absolute atomic E-state index is 0.240. The van der Waals surface area contributed by atoms with Crippen LogP contribution in [0.1, 0.15) is 5.56 Å². The fourth-order valence-electron chi connectivity index (χ4n) is 2.58. The Balaban J connectivity index is 2.18. The smallest absolute Gasteiger partial charge is 0.415 e. The van der Waals surface area contributed by atoms with Crippen molar-refractivity contribution in [2.45, 2.75) is 5.54 Å². The van der Waals surface area contributed by atoms with E-state index in [1.54, 1.807) is 29.4 Å². The van der Waals surface area contributed by atoms with Gasteiger partial charge in [-0.1, -0.05) is 18.2 Å². The van der Waals surface area contributed by atoms with Crippen molar-refractivity contribution in [3.05, 3.63) is 59.3 Å². The van der Waals surface area contributed by atoms with E-state index in [1.165, 1.54) is 0 Å². The first-order chi connectivity index (χ1) is 10.2. The number of rotatable bonds is 4. The summed E-state index contributed by atoms with van der Waals surface area (Å²) in [5.74, 6) is 0.623. The molecule has 0 radical (unpaired) electrons. The van der Waals surface area contributed by atoms with E-state index in [0.717, 1.165) is 5.56 Å². The van der Waals surface area contributed by atoms with Crippen LogP contribution in [0.4, 0.5) is 10.5 Å². The van der Waals surface area contributed by atoms with Gasteiger partial charge in [0, 0.05) is 0 Å². The molecule has 0 unspecified atom stereocenters. The number of para-hydroxylation sites is 2. The molecular weight excluding hydrogens is 286 g/mol. The molecule has 0 spiro atoms. The van der Waals surface area contributed by atoms with Crippen LogP contribution < -0.4 is 9.64 Å². The second-order valence-corrected chi connectivity index (χ2v) is 5.48. The van der Waals surface area contributed by atoms with Gasteiger partial charge in [0.1, 0.15) is 17.9 Å². The minimum atomic E-state index is -0.703. The summed E-state index contributed by atoms with van der Waals surface area (Å²) in [4.78, 5) is 13.9. The van der Waals surface area contributed by atoms with E-state index in [9.17, 15) is 4.79 Å². The number of amides is 1. The van der Waals surface area contributed by atoms with E-state index >= 15 is 0 Å². The van der Waals surface area contributed by atoms with Crippen molar-refractivity contribution in [1.29, 1.82) is 0 Å². The lowest BCUT2D eigenvalue weighted by Gasteiger charge is -2.32. The molecule has 1 amide bonds. The normalized spacial score (nSPS) is 21.2. The van der Waals surface area contributed by atoms with Crippen LogP contribution >= 0.6 is 11.3 Å². The maximum absolute atomic E-state index is 12.3. The first-order valence-electron chi connectivity index (χ1n) is 6.49. The zero-order chi connectivity index (χ0) is 14.9. The topological polar surface area (TPSA) is 38.8 Å². The predicted octanol–water partition coefficient (Wildman–Crippen LogP) is 3.79. The molecule has 0 bridgehead atoms. The number of hydrogen-bond acceptors (Lipinski definition) is 4. The molecule has 0 saturated carbocycles. The maximum Gasteiger partial charge on any atom is 0.415 e. The number of anilines is 1. The molecule has 2 heterocycles. The third-order valence-corrected chi connectivity index (χ3v) is 4.37. The van der Waals surface area contributed by atoms with Crippen LogP contribution in [0, 0.1) is 0 Å². The molecule has 3 rings (SSSR count). The number of cyclic esters (lactones) is 1. The molecular formula is C16H15NO3S. The summed E-state index contributed by atoms with van der Waals surface area (Å²) >= 11 is 1.58. The molecule has 1 aromatic heterocycles. The van der Waals surface area contributed by atoms with Gasteiger partial charge < -0.3 is 9.47 Å². The monoisotopic (exact) mass is 301 g/mol. The van der Waals surface area contributed by atoms with Crippen LogP contribution in [0.25, 0.3) is 0 Å². The number of thiophene rings is 1. The number of benzene rings is 1. The van der Waals surface area contributed by atoms with E-state index in [2.05, 4.69) is 6.58 Å². The molecule has 1 aromatic carbocycles. The highest BCUT2D eigenvalue weighted by Gasteiger charge is 2.48. The third kappa shape index (κ3) is 2.01. The second-order valence-electron chi connectivity index (χ2n) is 4.70. The first-order valence-corrected chi connectivity index (χ1v) is 7.43. The van der Waals surface area contributed by atoms with Gasteiger partial charge in [0.2, 0.25) is 0 Å². The molecule has 1 aliphatic heterocycles. The van der Waals surface area contributed by atoms with Gasteiger partial charge in [0.05, 0.1) is 12.8 Å². The van der Waals surface area contributed by atoms with Gasteiger partial charge in [-0.2, -0.15) is 11.3 Å². The van der Waals surface area contributed by atoms with E-state index in [-0.39, 0.29) is 6.61 Å². The van der Waals surface area contributed by atoms with Crippen molar-refractivity contribution in [2.24, 2.45) is 0 Å². The van der Waals surface area contributed by atoms with Gasteiger partial charge >= 0.3 is 6.09 Å². The first kappa shape index (κ1) is 13.7. The van der Waals surface area contributed by atoms with Crippen molar-refractivity contribution in [3.8, 4) is 5.75 Å². The molecule has 4 nitrogen and oxygen atoms in total. The predicted molar refractivity (Wildman–Crippen MR) is 83.0 cm³/mol. The Bertz CT molecular complexity index is 668. The van der Waals surface area contributed by atoms with Gasteiger partial charge in [0.15, 0.2) is 0 Å². The minimum Gasteiger partial charge on any atom is -0.495 e. The van der Waals surface area contributed by atoms with Gasteiger partial charge in [-0.05, 0) is 34.5 Å². The standard InChI is InChI=1S/C16H15NO3S/c1-3-16(12-8-9-21-10-12)11-20-15(18)17(16)13-6-4-5-7-14(13)19-2/h3-10H,1,11H2,2H3/t16-/m0/s1. The number of methoxy groups -OCH3 is 1. The van der Waals surface area contributed by atoms with Crippen molar-refractivity contribution >= 4 is 23.1 Å². The van der Waals surface area contributed by atoms with Gasteiger partial charge in [-0.15, -0.1) is 6.58 Å². The number of hydrogen-bond donors (Lipinski definition) is 0. The number of ether oxygens (including phenoxy) is 2. The molecule has 5 heteroatoms. The largest absolute Gasteiger partial charge is 0.495 e. The van der Waals surface area contributed by atoms with Crippen LogP contribution in [-0.2, 0) is 10.3 Å². The van der Waals surface area contributed by atoms with Crippen LogP contribution in [0.3, 0.4) is 0 Å². The molecule has 1 aliphatic rings. The maximum atomic E-state index is 12.3. The highest BCUT2D eigenvalue weighted by molar-refractivity contribution is 7.08. The Labute approximate surface area is 127 Å². The van der Waals surface area contributed by atoms with Gasteiger partial charge in [0.25, 0.3) is 0 Å². The number of carbonyl (C=O) groups excluding carboxylic acids is 1. The Morgan fingerprint density at radius 3 is 2.90 bits per heavy atom. The average Bonchev–Trinajstić information content (AvgIpc) is 3.15. The zero-order valence-electron chi connectivity index (χ0n) is 11.6. The summed E-state index contributed by atoms with van der Waals surface area (Å²) in [6.45, 7) is 4.17. The van der Waals surface area contributed by atoms with Crippen LogP contribution in [0.15, 0.2) is 53.7 Å². The molecule has 1 atom stereocenters. The Morgan fingerprint density at radius 2 is 2.24 bits per heavy atom. The van der Waals surface area contributed by atoms with Crippen molar-refractivity contribution in [1.82, 2.24) is 0 Å². The zero-order valence-corrected chi connectivity index (χ0v) is 12.4. The quantitative estimate of drug-likeness (QED) is 0.806. The Morgan fingerprint density at radius 1 is 1.43 bits per heavy atom. The van der Waals surface area contributed by atoms with Crippen LogP contribution in [-0.4, -0.2) is 19.8 Å². The number of nitrogens with zero attached hydrogens (tertiary/aromatic N) is 1. The summed E-state index contributed by atoms with van der Waals surface area (Å²) in [5.41, 5.74) is 0.957. The van der Waals surface area contributed by atoms with Crippen LogP contribution in [0.5, 0.6) is 5.75 Å². The highest BCUT2D eigenvalue weighted by atomic mass is 32.1. The summed E-state index contributed by atoms with van der Waals surface area (Å²) in [7, 11) is 1.58. The van der Waals surface area contributed by atoms with Crippen molar-refractivity contribution in [3.63, 3.8) is 0 Å². The van der Waals surface area contributed by atoms with Gasteiger partial charge in [-0.3, -0.25) is 4.90 Å². The molecule has 0 N–H and O–H groups in total. The molecule has 0 aliphatic carbocycles. The van der Waals surface area contributed by atoms with Gasteiger partial charge in [-0.25, -0.2) is 4.79 Å². The fraction of sp³-hybridized carbons (Fsp3) is 0.188. The Hall–Kier alpha value is -2.27. The lowest BCUT2D eigenvalue weighted by atomic mass is 9.91. The highest BCUT2D eigenvalue weighted by Crippen LogP contribution is 2.43. The molecule has 1 fully saturated rings. The van der Waals surface area contributed by atoms with Crippen molar-refractivity contribution in [2.75, 3.05) is 18.6 Å². The van der Waals surface area contributed by atoms with E-state index < -0.39 is 11.6 Å². The summed E-state index contributed by atoms with van der Waals surface area (Å²) in [6.07, 6.45) is 1.36. The Kier molecular flexibility index (Phi) is 3.43. The summed E-state index contributed by atoms with van der Waals surface area (Å²) < 4.78 is 10.7. The second kappa shape index (κ2) is 5.26. The summed E-state index contributed by atoms with van der Waals surface area (Å²) in [6, 6.07) is 9.38. The molecule has 1 saturated heterocycles. The lowest BCUT2D eigenvalue weighted by Crippen LogP contribution is -2.43. The van der Waals surface area contributed by atoms with E-state index in [1.807, 2.05) is 41.1 Å². The lowest BCUT2D eigenvalue weighted by molar-refractivity contribution is 0.176. The van der Waals surface area contributed by atoms with Crippen molar-refractivity contribution < 1.29 is 14.3 Å². The molecule has 21 heavy (non-hydrogen) atoms. The summed E-state index contributed by atoms with van der Waals surface area (Å²) in [5, 5.41) is 3.98. The molecule has 2 aromatic rings. The number of carbonyl (C=O) groups is 1. The third-order valence-electron chi connectivity index (χ3n) is 3.68. The van der Waals surface area contributed by atoms with Crippen LogP contribution in [0.2, 0.25) is 0 Å². The molecule has 108 valence electrons. The van der Waals surface area contributed by atoms with E-state index in [4.69, 9.17) is 9.47 Å².